The zero-order valence-electron chi connectivity index (χ0n) is 11.1. The molecule has 3 aromatic rings. The van der Waals surface area contributed by atoms with E-state index in [9.17, 15) is 0 Å². The molecule has 3 N–H and O–H groups in total. The van der Waals surface area contributed by atoms with Gasteiger partial charge >= 0.3 is 0 Å². The van der Waals surface area contributed by atoms with Crippen LogP contribution in [0.5, 0.6) is 0 Å². The summed E-state index contributed by atoms with van der Waals surface area (Å²) in [6.45, 7) is 0.538. The summed E-state index contributed by atoms with van der Waals surface area (Å²) in [6.07, 6.45) is 0.715. The topological polar surface area (TPSA) is 67.6 Å². The van der Waals surface area contributed by atoms with Crippen LogP contribution in [0, 0.1) is 0 Å². The average Bonchev–Trinajstić information content (AvgIpc) is 2.97. The Kier molecular flexibility index (Phi) is 3.56. The van der Waals surface area contributed by atoms with Gasteiger partial charge in [-0.1, -0.05) is 54.6 Å². The minimum absolute atomic E-state index is 0.538. The van der Waals surface area contributed by atoms with E-state index in [4.69, 9.17) is 5.73 Å². The van der Waals surface area contributed by atoms with Crippen LogP contribution in [0.2, 0.25) is 0 Å². The van der Waals surface area contributed by atoms with Crippen LogP contribution in [-0.4, -0.2) is 15.2 Å². The van der Waals surface area contributed by atoms with E-state index in [2.05, 4.69) is 21.2 Å². The molecule has 0 aliphatic heterocycles. The highest BCUT2D eigenvalue weighted by Crippen LogP contribution is 2.16. The number of aromatic amines is 1. The van der Waals surface area contributed by atoms with Gasteiger partial charge in [0.05, 0.1) is 0 Å². The van der Waals surface area contributed by atoms with Crippen molar-refractivity contribution in [3.63, 3.8) is 0 Å². The summed E-state index contributed by atoms with van der Waals surface area (Å²) in [4.78, 5) is 4.54. The normalized spacial score (nSPS) is 10.7. The highest BCUT2D eigenvalue weighted by molar-refractivity contribution is 5.53. The van der Waals surface area contributed by atoms with Gasteiger partial charge in [0.15, 0.2) is 5.82 Å². The number of aromatic nitrogens is 3. The summed E-state index contributed by atoms with van der Waals surface area (Å²) in [5, 5.41) is 7.27. The van der Waals surface area contributed by atoms with Crippen molar-refractivity contribution < 1.29 is 0 Å². The Morgan fingerprint density at radius 1 is 0.900 bits per heavy atom. The van der Waals surface area contributed by atoms with Crippen molar-refractivity contribution >= 4 is 0 Å². The van der Waals surface area contributed by atoms with Crippen molar-refractivity contribution in [1.82, 2.24) is 15.2 Å². The number of H-pyrrole nitrogens is 1. The molecule has 1 heterocycles. The Balaban J connectivity index is 1.84. The molecule has 0 aliphatic carbocycles. The van der Waals surface area contributed by atoms with Crippen LogP contribution < -0.4 is 5.73 Å². The fraction of sp³-hybridized carbons (Fsp3) is 0.125. The van der Waals surface area contributed by atoms with Gasteiger partial charge in [0, 0.05) is 18.5 Å². The van der Waals surface area contributed by atoms with E-state index < -0.39 is 0 Å². The number of rotatable bonds is 4. The Bertz CT molecular complexity index is 688. The number of nitrogens with zero attached hydrogens (tertiary/aromatic N) is 2. The summed E-state index contributed by atoms with van der Waals surface area (Å²) in [5.41, 5.74) is 9.10. The van der Waals surface area contributed by atoms with Crippen molar-refractivity contribution in [3.05, 3.63) is 71.5 Å². The second kappa shape index (κ2) is 5.67. The first kappa shape index (κ1) is 12.6. The molecule has 0 radical (unpaired) electrons. The smallest absolute Gasteiger partial charge is 0.181 e. The van der Waals surface area contributed by atoms with Gasteiger partial charge in [-0.15, -0.1) is 0 Å². The molecule has 100 valence electrons. The molecule has 0 amide bonds. The van der Waals surface area contributed by atoms with E-state index in [0.717, 1.165) is 22.8 Å². The Hall–Kier alpha value is -2.46. The molecule has 0 spiro atoms. The molecular weight excluding hydrogens is 248 g/mol. The quantitative estimate of drug-likeness (QED) is 0.761. The van der Waals surface area contributed by atoms with Crippen molar-refractivity contribution in [2.75, 3.05) is 0 Å². The van der Waals surface area contributed by atoms with Gasteiger partial charge in [0.25, 0.3) is 0 Å². The van der Waals surface area contributed by atoms with Gasteiger partial charge in [0.1, 0.15) is 5.82 Å². The van der Waals surface area contributed by atoms with Crippen LogP contribution >= 0.6 is 0 Å². The average molecular weight is 264 g/mol. The van der Waals surface area contributed by atoms with E-state index in [1.165, 1.54) is 5.56 Å². The lowest BCUT2D eigenvalue weighted by molar-refractivity contribution is 0.944. The zero-order valence-corrected chi connectivity index (χ0v) is 11.1. The van der Waals surface area contributed by atoms with Crippen LogP contribution in [0.3, 0.4) is 0 Å². The number of hydrogen-bond donors (Lipinski definition) is 2. The van der Waals surface area contributed by atoms with Crippen molar-refractivity contribution in [2.45, 2.75) is 13.0 Å². The molecule has 2 aromatic carbocycles. The largest absolute Gasteiger partial charge is 0.326 e. The lowest BCUT2D eigenvalue weighted by Gasteiger charge is -2.04. The first-order chi connectivity index (χ1) is 9.86. The molecule has 0 saturated heterocycles. The third-order valence-electron chi connectivity index (χ3n) is 3.26. The monoisotopic (exact) mass is 264 g/mol. The van der Waals surface area contributed by atoms with Gasteiger partial charge in [-0.2, -0.15) is 5.10 Å². The summed E-state index contributed by atoms with van der Waals surface area (Å²) in [6, 6.07) is 18.1. The number of benzene rings is 2. The molecule has 0 bridgehead atoms. The molecule has 0 saturated carbocycles. The van der Waals surface area contributed by atoms with Gasteiger partial charge < -0.3 is 5.73 Å². The first-order valence-corrected chi connectivity index (χ1v) is 6.60. The molecule has 1 aromatic heterocycles. The van der Waals surface area contributed by atoms with E-state index >= 15 is 0 Å². The van der Waals surface area contributed by atoms with Crippen LogP contribution in [0.1, 0.15) is 17.0 Å². The maximum atomic E-state index is 5.75. The van der Waals surface area contributed by atoms with E-state index in [-0.39, 0.29) is 0 Å². The van der Waals surface area contributed by atoms with Crippen molar-refractivity contribution in [3.8, 4) is 11.4 Å². The van der Waals surface area contributed by atoms with Gasteiger partial charge in [-0.3, -0.25) is 5.10 Å². The molecule has 0 atom stereocenters. The number of nitrogens with one attached hydrogen (secondary N) is 1. The van der Waals surface area contributed by atoms with Crippen LogP contribution in [-0.2, 0) is 13.0 Å². The van der Waals surface area contributed by atoms with Crippen LogP contribution in [0.25, 0.3) is 11.4 Å². The number of hydrogen-bond acceptors (Lipinski definition) is 3. The van der Waals surface area contributed by atoms with Crippen molar-refractivity contribution in [1.29, 1.82) is 0 Å². The predicted octanol–water partition coefficient (Wildman–Crippen LogP) is 2.52. The van der Waals surface area contributed by atoms with Gasteiger partial charge in [-0.05, 0) is 11.1 Å². The lowest BCUT2D eigenvalue weighted by Crippen LogP contribution is -2.02. The SMILES string of the molecule is NCc1ccccc1Cc1nc(-c2ccccc2)n[nH]1. The van der Waals surface area contributed by atoms with E-state index in [0.29, 0.717) is 13.0 Å². The fourth-order valence-electron chi connectivity index (χ4n) is 2.20. The predicted molar refractivity (Wildman–Crippen MR) is 79.0 cm³/mol. The Labute approximate surface area is 117 Å². The standard InChI is InChI=1S/C16H16N4/c17-11-14-9-5-4-8-13(14)10-15-18-16(20-19-15)12-6-2-1-3-7-12/h1-9H,10-11,17H2,(H,18,19,20). The maximum Gasteiger partial charge on any atom is 0.181 e. The minimum Gasteiger partial charge on any atom is -0.326 e. The summed E-state index contributed by atoms with van der Waals surface area (Å²) < 4.78 is 0. The summed E-state index contributed by atoms with van der Waals surface area (Å²) in [5.74, 6) is 1.58. The molecular formula is C16H16N4. The zero-order chi connectivity index (χ0) is 13.8. The first-order valence-electron chi connectivity index (χ1n) is 6.60. The molecule has 4 nitrogen and oxygen atoms in total. The molecule has 0 unspecified atom stereocenters. The van der Waals surface area contributed by atoms with Crippen molar-refractivity contribution in [2.24, 2.45) is 5.73 Å². The number of nitrogens with two attached hydrogens (primary N) is 1. The van der Waals surface area contributed by atoms with E-state index in [1.54, 1.807) is 0 Å². The third kappa shape index (κ3) is 2.60. The molecule has 0 fully saturated rings. The Morgan fingerprint density at radius 3 is 2.35 bits per heavy atom. The lowest BCUT2D eigenvalue weighted by atomic mass is 10.0. The highest BCUT2D eigenvalue weighted by Gasteiger charge is 2.07. The maximum absolute atomic E-state index is 5.75. The molecule has 4 heteroatoms. The van der Waals surface area contributed by atoms with Crippen LogP contribution in [0.15, 0.2) is 54.6 Å². The van der Waals surface area contributed by atoms with Gasteiger partial charge in [0.2, 0.25) is 0 Å². The minimum atomic E-state index is 0.538. The van der Waals surface area contributed by atoms with Gasteiger partial charge in [-0.25, -0.2) is 4.98 Å². The second-order valence-electron chi connectivity index (χ2n) is 4.62. The highest BCUT2D eigenvalue weighted by atomic mass is 15.2. The van der Waals surface area contributed by atoms with E-state index in [1.807, 2.05) is 48.5 Å². The molecule has 3 rings (SSSR count). The summed E-state index contributed by atoms with van der Waals surface area (Å²) >= 11 is 0. The third-order valence-corrected chi connectivity index (χ3v) is 3.26. The molecule has 0 aliphatic rings. The second-order valence-corrected chi connectivity index (χ2v) is 4.62. The summed E-state index contributed by atoms with van der Waals surface area (Å²) in [7, 11) is 0. The molecule has 20 heavy (non-hydrogen) atoms. The van der Waals surface area contributed by atoms with Crippen LogP contribution in [0.4, 0.5) is 0 Å². The Morgan fingerprint density at radius 2 is 1.60 bits per heavy atom. The fourth-order valence-corrected chi connectivity index (χ4v) is 2.20.